The summed E-state index contributed by atoms with van der Waals surface area (Å²) in [6, 6.07) is 16.1. The Morgan fingerprint density at radius 1 is 0.947 bits per heavy atom. The quantitative estimate of drug-likeness (QED) is 0.339. The molecule has 6 aromatic rings. The van der Waals surface area contributed by atoms with Crippen molar-refractivity contribution >= 4 is 39.2 Å². The van der Waals surface area contributed by atoms with E-state index in [2.05, 4.69) is 46.7 Å². The van der Waals surface area contributed by atoms with Crippen LogP contribution in [0.25, 0.3) is 50.4 Å². The number of fused-ring (bicyclic) bond motifs is 2. The van der Waals surface area contributed by atoms with Crippen molar-refractivity contribution in [1.82, 2.24) is 34.7 Å². The molecule has 1 fully saturated rings. The molecule has 0 saturated carbocycles. The van der Waals surface area contributed by atoms with Crippen molar-refractivity contribution in [2.45, 2.75) is 6.92 Å². The first-order valence-electron chi connectivity index (χ1n) is 12.4. The van der Waals surface area contributed by atoms with E-state index in [1.165, 1.54) is 0 Å². The summed E-state index contributed by atoms with van der Waals surface area (Å²) in [6.45, 7) is 4.88. The standard InChI is InChI=1S/C28H23ClN8O/c1-17-32-27(35-34-17)21-15-19(36-11-13-38-14-12-36)16-24-26(21)33-28(18-5-8-30-9-6-18)37(24)23-7-10-31-25-20(23)3-2-4-22(25)29/h2-10,15-16H,11-14H2,1H3,(H,32,34,35). The normalized spacial score (nSPS) is 14.0. The van der Waals surface area contributed by atoms with Gasteiger partial charge in [0, 0.05) is 53.9 Å². The number of imidazole rings is 1. The summed E-state index contributed by atoms with van der Waals surface area (Å²) < 4.78 is 7.81. The molecule has 1 aliphatic rings. The third-order valence-corrected chi connectivity index (χ3v) is 7.16. The zero-order valence-corrected chi connectivity index (χ0v) is 21.4. The fraction of sp³-hybridized carbons (Fsp3) is 0.179. The highest BCUT2D eigenvalue weighted by Gasteiger charge is 2.23. The molecular weight excluding hydrogens is 500 g/mol. The number of anilines is 1. The van der Waals surface area contributed by atoms with Crippen LogP contribution < -0.4 is 4.90 Å². The third kappa shape index (κ3) is 3.79. The van der Waals surface area contributed by atoms with Crippen molar-refractivity contribution in [2.75, 3.05) is 31.2 Å². The van der Waals surface area contributed by atoms with Gasteiger partial charge in [-0.2, -0.15) is 0 Å². The summed E-state index contributed by atoms with van der Waals surface area (Å²) in [6.07, 6.45) is 5.35. The van der Waals surface area contributed by atoms with Crippen LogP contribution in [0.5, 0.6) is 0 Å². The number of aryl methyl sites for hydroxylation is 1. The fourth-order valence-electron chi connectivity index (χ4n) is 5.07. The number of ether oxygens (including phenoxy) is 1. The zero-order chi connectivity index (χ0) is 25.6. The highest BCUT2D eigenvalue weighted by Crippen LogP contribution is 2.38. The van der Waals surface area contributed by atoms with Gasteiger partial charge in [-0.1, -0.05) is 23.7 Å². The number of halogens is 1. The van der Waals surface area contributed by atoms with Crippen LogP contribution in [0.15, 0.2) is 67.1 Å². The van der Waals surface area contributed by atoms with E-state index in [0.29, 0.717) is 24.1 Å². The van der Waals surface area contributed by atoms with Gasteiger partial charge in [0.1, 0.15) is 17.2 Å². The maximum Gasteiger partial charge on any atom is 0.163 e. The van der Waals surface area contributed by atoms with Gasteiger partial charge in [0.25, 0.3) is 0 Å². The molecule has 5 heterocycles. The molecule has 0 amide bonds. The molecule has 0 spiro atoms. The van der Waals surface area contributed by atoms with Gasteiger partial charge in [-0.25, -0.2) is 4.98 Å². The first-order chi connectivity index (χ1) is 18.7. The second-order valence-electron chi connectivity index (χ2n) is 9.19. The van der Waals surface area contributed by atoms with Crippen LogP contribution in [0.4, 0.5) is 5.69 Å². The lowest BCUT2D eigenvalue weighted by atomic mass is 10.1. The number of aromatic amines is 1. The highest BCUT2D eigenvalue weighted by molar-refractivity contribution is 6.35. The van der Waals surface area contributed by atoms with Gasteiger partial charge < -0.3 is 14.6 Å². The molecule has 0 atom stereocenters. The van der Waals surface area contributed by atoms with E-state index in [4.69, 9.17) is 21.3 Å². The van der Waals surface area contributed by atoms with E-state index in [-0.39, 0.29) is 0 Å². The number of pyridine rings is 2. The summed E-state index contributed by atoms with van der Waals surface area (Å²) in [5.41, 5.74) is 6.33. The van der Waals surface area contributed by atoms with Crippen molar-refractivity contribution in [3.8, 4) is 28.5 Å². The van der Waals surface area contributed by atoms with Crippen LogP contribution in [-0.2, 0) is 4.74 Å². The molecule has 0 bridgehead atoms. The SMILES string of the molecule is Cc1nnc(-c2cc(N3CCOCC3)cc3c2nc(-c2ccncc2)n3-c2ccnc3c(Cl)cccc23)[nH]1. The Kier molecular flexibility index (Phi) is 5.52. The van der Waals surface area contributed by atoms with Gasteiger partial charge in [-0.3, -0.25) is 14.5 Å². The van der Waals surface area contributed by atoms with Crippen LogP contribution in [0.1, 0.15) is 5.82 Å². The van der Waals surface area contributed by atoms with Gasteiger partial charge in [0.05, 0.1) is 35.0 Å². The second kappa shape index (κ2) is 9.20. The number of nitrogens with zero attached hydrogens (tertiary/aromatic N) is 7. The lowest BCUT2D eigenvalue weighted by Gasteiger charge is -2.29. The Bertz CT molecular complexity index is 1790. The Labute approximate surface area is 223 Å². The molecule has 9 nitrogen and oxygen atoms in total. The molecule has 1 N–H and O–H groups in total. The average molecular weight is 523 g/mol. The first kappa shape index (κ1) is 22.8. The van der Waals surface area contributed by atoms with Crippen molar-refractivity contribution in [3.63, 3.8) is 0 Å². The lowest BCUT2D eigenvalue weighted by Crippen LogP contribution is -2.36. The van der Waals surface area contributed by atoms with E-state index in [1.807, 2.05) is 43.3 Å². The molecule has 2 aromatic carbocycles. The topological polar surface area (TPSA) is 97.6 Å². The predicted molar refractivity (Wildman–Crippen MR) is 148 cm³/mol. The number of rotatable bonds is 4. The molecule has 1 aliphatic heterocycles. The minimum Gasteiger partial charge on any atom is -0.378 e. The average Bonchev–Trinajstić information content (AvgIpc) is 3.57. The van der Waals surface area contributed by atoms with E-state index < -0.39 is 0 Å². The Balaban J connectivity index is 1.60. The Hall–Kier alpha value is -4.34. The van der Waals surface area contributed by atoms with Crippen LogP contribution in [0, 0.1) is 6.92 Å². The summed E-state index contributed by atoms with van der Waals surface area (Å²) in [5, 5.41) is 10.2. The van der Waals surface area contributed by atoms with Gasteiger partial charge in [-0.05, 0) is 43.3 Å². The predicted octanol–water partition coefficient (Wildman–Crippen LogP) is 5.22. The number of morpholine rings is 1. The van der Waals surface area contributed by atoms with Crippen LogP contribution in [-0.4, -0.2) is 61.0 Å². The molecule has 4 aromatic heterocycles. The minimum atomic E-state index is 0.603. The van der Waals surface area contributed by atoms with Gasteiger partial charge >= 0.3 is 0 Å². The third-order valence-electron chi connectivity index (χ3n) is 6.85. The maximum absolute atomic E-state index is 6.57. The largest absolute Gasteiger partial charge is 0.378 e. The van der Waals surface area contributed by atoms with Crippen molar-refractivity contribution in [3.05, 3.63) is 78.0 Å². The van der Waals surface area contributed by atoms with E-state index in [9.17, 15) is 0 Å². The molecule has 0 unspecified atom stereocenters. The van der Waals surface area contributed by atoms with Crippen molar-refractivity contribution < 1.29 is 4.74 Å². The number of hydrogen-bond acceptors (Lipinski definition) is 7. The zero-order valence-electron chi connectivity index (χ0n) is 20.6. The number of hydrogen-bond donors (Lipinski definition) is 1. The first-order valence-corrected chi connectivity index (χ1v) is 12.8. The van der Waals surface area contributed by atoms with Crippen molar-refractivity contribution in [2.24, 2.45) is 0 Å². The van der Waals surface area contributed by atoms with E-state index in [1.54, 1.807) is 18.6 Å². The number of benzene rings is 2. The molecule has 1 saturated heterocycles. The summed E-state index contributed by atoms with van der Waals surface area (Å²) >= 11 is 6.57. The molecule has 38 heavy (non-hydrogen) atoms. The Morgan fingerprint density at radius 3 is 2.58 bits per heavy atom. The highest BCUT2D eigenvalue weighted by atomic mass is 35.5. The monoisotopic (exact) mass is 522 g/mol. The van der Waals surface area contributed by atoms with E-state index in [0.717, 1.165) is 69.2 Å². The molecule has 10 heteroatoms. The molecular formula is C28H23ClN8O. The van der Waals surface area contributed by atoms with E-state index >= 15 is 0 Å². The number of aromatic nitrogens is 7. The second-order valence-corrected chi connectivity index (χ2v) is 9.60. The molecule has 7 rings (SSSR count). The van der Waals surface area contributed by atoms with Crippen LogP contribution in [0.3, 0.4) is 0 Å². The fourth-order valence-corrected chi connectivity index (χ4v) is 5.30. The van der Waals surface area contributed by atoms with Crippen LogP contribution in [0.2, 0.25) is 5.02 Å². The maximum atomic E-state index is 6.57. The van der Waals surface area contributed by atoms with Crippen molar-refractivity contribution in [1.29, 1.82) is 0 Å². The van der Waals surface area contributed by atoms with Gasteiger partial charge in [0.15, 0.2) is 5.82 Å². The van der Waals surface area contributed by atoms with Gasteiger partial charge in [-0.15, -0.1) is 10.2 Å². The van der Waals surface area contributed by atoms with Gasteiger partial charge in [0.2, 0.25) is 0 Å². The Morgan fingerprint density at radius 2 is 1.79 bits per heavy atom. The molecule has 0 radical (unpaired) electrons. The summed E-state index contributed by atoms with van der Waals surface area (Å²) in [7, 11) is 0. The molecule has 188 valence electrons. The van der Waals surface area contributed by atoms with Crippen LogP contribution >= 0.6 is 11.6 Å². The summed E-state index contributed by atoms with van der Waals surface area (Å²) in [4.78, 5) is 19.7. The number of H-pyrrole nitrogens is 1. The molecule has 0 aliphatic carbocycles. The summed E-state index contributed by atoms with van der Waals surface area (Å²) in [5.74, 6) is 2.20. The smallest absolute Gasteiger partial charge is 0.163 e. The minimum absolute atomic E-state index is 0.603. The lowest BCUT2D eigenvalue weighted by molar-refractivity contribution is 0.122. The number of para-hydroxylation sites is 1. The number of nitrogens with one attached hydrogen (secondary N) is 1.